The van der Waals surface area contributed by atoms with Gasteiger partial charge in [0.15, 0.2) is 0 Å². The predicted octanol–water partition coefficient (Wildman–Crippen LogP) is 6.16. The zero-order valence-electron chi connectivity index (χ0n) is 17.6. The Morgan fingerprint density at radius 1 is 1.04 bits per heavy atom. The third-order valence-electron chi connectivity index (χ3n) is 4.49. The molecule has 0 atom stereocenters. The standard InChI is InChI=1S/C13H27.C8H10NO2S.Sn/c1-4-7-10-13(11-8-5-2)12-9-6-3;1-8(2,3)11-7(10)6-9-4-5-12-6;/h4-12H2,1-3H3;4H,1-3H3;. The van der Waals surface area contributed by atoms with Crippen molar-refractivity contribution in [3.63, 3.8) is 0 Å². The molecular formula is C21H37NO2SSn. The van der Waals surface area contributed by atoms with Gasteiger partial charge in [0.2, 0.25) is 0 Å². The molecule has 1 aromatic rings. The number of thiazole rings is 1. The Morgan fingerprint density at radius 2 is 1.54 bits per heavy atom. The molecule has 0 aliphatic rings. The molecule has 0 N–H and O–H groups in total. The molecule has 0 fully saturated rings. The van der Waals surface area contributed by atoms with Crippen LogP contribution in [0, 0.1) is 0 Å². The number of unbranched alkanes of at least 4 members (excludes halogenated alkanes) is 3. The number of carbonyl (C=O) groups excluding carboxylic acids is 1. The van der Waals surface area contributed by atoms with E-state index in [0.717, 1.165) is 0 Å². The maximum atomic E-state index is 12.3. The molecule has 0 saturated carbocycles. The van der Waals surface area contributed by atoms with Crippen molar-refractivity contribution in [2.45, 2.75) is 108 Å². The molecule has 26 heavy (non-hydrogen) atoms. The van der Waals surface area contributed by atoms with E-state index in [1.807, 2.05) is 27.0 Å². The molecule has 5 heteroatoms. The SMILES string of the molecule is CCCC[C](CCCC)(CCCC)[Sn][c]1cnc(C(=O)OC(C)(C)C)s1. The first-order valence-corrected chi connectivity index (χ1v) is 13.9. The van der Waals surface area contributed by atoms with E-state index in [9.17, 15) is 4.79 Å². The van der Waals surface area contributed by atoms with Gasteiger partial charge in [0.1, 0.15) is 0 Å². The predicted molar refractivity (Wildman–Crippen MR) is 114 cm³/mol. The molecular weight excluding hydrogens is 449 g/mol. The van der Waals surface area contributed by atoms with Gasteiger partial charge in [-0.25, -0.2) is 0 Å². The van der Waals surface area contributed by atoms with Crippen molar-refractivity contribution in [3.8, 4) is 0 Å². The van der Waals surface area contributed by atoms with Crippen LogP contribution in [0.1, 0.15) is 109 Å². The molecule has 0 spiro atoms. The summed E-state index contributed by atoms with van der Waals surface area (Å²) in [7, 11) is 0. The molecule has 2 radical (unpaired) electrons. The molecule has 1 heterocycles. The summed E-state index contributed by atoms with van der Waals surface area (Å²) in [5, 5.41) is 0.534. The van der Waals surface area contributed by atoms with Crippen LogP contribution in [0.2, 0.25) is 3.43 Å². The molecule has 0 aromatic carbocycles. The van der Waals surface area contributed by atoms with Gasteiger partial charge in [0.05, 0.1) is 0 Å². The summed E-state index contributed by atoms with van der Waals surface area (Å²) in [6.07, 6.45) is 13.8. The monoisotopic (exact) mass is 487 g/mol. The first-order chi connectivity index (χ1) is 12.2. The fourth-order valence-electron chi connectivity index (χ4n) is 3.12. The number of ether oxygens (including phenoxy) is 1. The minimum atomic E-state index is -0.810. The number of hydrogen-bond acceptors (Lipinski definition) is 4. The Bertz CT molecular complexity index is 515. The van der Waals surface area contributed by atoms with Crippen LogP contribution in [0.3, 0.4) is 0 Å². The van der Waals surface area contributed by atoms with Crippen LogP contribution in [0.4, 0.5) is 0 Å². The molecule has 0 aliphatic heterocycles. The van der Waals surface area contributed by atoms with E-state index in [-0.39, 0.29) is 5.97 Å². The third-order valence-corrected chi connectivity index (χ3v) is 11.6. The van der Waals surface area contributed by atoms with Crippen LogP contribution in [0.25, 0.3) is 0 Å². The van der Waals surface area contributed by atoms with Gasteiger partial charge in [-0.05, 0) is 0 Å². The Hall–Kier alpha value is -0.101. The summed E-state index contributed by atoms with van der Waals surface area (Å²) in [5.74, 6) is -0.269. The summed E-state index contributed by atoms with van der Waals surface area (Å²) in [6.45, 7) is 12.6. The Morgan fingerprint density at radius 3 is 1.96 bits per heavy atom. The number of rotatable bonds is 12. The minimum absolute atomic E-state index is 0.269. The van der Waals surface area contributed by atoms with Gasteiger partial charge in [0, 0.05) is 0 Å². The number of hydrogen-bond donors (Lipinski definition) is 0. The van der Waals surface area contributed by atoms with E-state index in [1.165, 1.54) is 60.7 Å². The van der Waals surface area contributed by atoms with Crippen LogP contribution >= 0.6 is 11.3 Å². The second-order valence-corrected chi connectivity index (χ2v) is 15.6. The Balaban J connectivity index is 2.93. The fraction of sp³-hybridized carbons (Fsp3) is 0.810. The van der Waals surface area contributed by atoms with Gasteiger partial charge in [-0.15, -0.1) is 0 Å². The quantitative estimate of drug-likeness (QED) is 0.263. The van der Waals surface area contributed by atoms with E-state index in [1.54, 1.807) is 11.3 Å². The molecule has 0 saturated heterocycles. The first-order valence-electron chi connectivity index (χ1n) is 10.2. The van der Waals surface area contributed by atoms with Gasteiger partial charge >= 0.3 is 175 Å². The third kappa shape index (κ3) is 8.72. The van der Waals surface area contributed by atoms with Crippen LogP contribution in [0.5, 0.6) is 0 Å². The average Bonchev–Trinajstić information content (AvgIpc) is 3.03. The van der Waals surface area contributed by atoms with E-state index < -0.39 is 26.7 Å². The van der Waals surface area contributed by atoms with Gasteiger partial charge in [-0.3, -0.25) is 0 Å². The number of carbonyl (C=O) groups is 1. The summed E-state index contributed by atoms with van der Waals surface area (Å²) >= 11 is 0.789. The van der Waals surface area contributed by atoms with Gasteiger partial charge in [0.25, 0.3) is 0 Å². The van der Waals surface area contributed by atoms with Crippen LogP contribution in [-0.2, 0) is 4.74 Å². The molecule has 1 rings (SSSR count). The second kappa shape index (κ2) is 11.7. The van der Waals surface area contributed by atoms with Crippen molar-refractivity contribution < 1.29 is 9.53 Å². The van der Waals surface area contributed by atoms with Gasteiger partial charge in [-0.1, -0.05) is 0 Å². The number of nitrogens with zero attached hydrogens (tertiary/aromatic N) is 1. The Labute approximate surface area is 174 Å². The molecule has 3 nitrogen and oxygen atoms in total. The summed E-state index contributed by atoms with van der Waals surface area (Å²) < 4.78 is 7.42. The number of esters is 1. The van der Waals surface area contributed by atoms with Crippen molar-refractivity contribution >= 4 is 41.3 Å². The van der Waals surface area contributed by atoms with Crippen molar-refractivity contribution in [2.75, 3.05) is 0 Å². The van der Waals surface area contributed by atoms with Gasteiger partial charge < -0.3 is 0 Å². The summed E-state index contributed by atoms with van der Waals surface area (Å²) in [6, 6.07) is 0. The molecule has 0 unspecified atom stereocenters. The average molecular weight is 486 g/mol. The van der Waals surface area contributed by atoms with Crippen LogP contribution in [-0.4, -0.2) is 37.7 Å². The van der Waals surface area contributed by atoms with E-state index in [4.69, 9.17) is 4.74 Å². The zero-order chi connectivity index (χ0) is 19.6. The van der Waals surface area contributed by atoms with Gasteiger partial charge in [-0.2, -0.15) is 0 Å². The Kier molecular flexibility index (Phi) is 10.8. The van der Waals surface area contributed by atoms with Crippen molar-refractivity contribution in [2.24, 2.45) is 0 Å². The normalized spacial score (nSPS) is 12.4. The maximum absolute atomic E-state index is 12.3. The topological polar surface area (TPSA) is 39.2 Å². The van der Waals surface area contributed by atoms with E-state index in [0.29, 0.717) is 8.44 Å². The molecule has 1 aromatic heterocycles. The van der Waals surface area contributed by atoms with E-state index >= 15 is 0 Å². The zero-order valence-corrected chi connectivity index (χ0v) is 21.3. The van der Waals surface area contributed by atoms with E-state index in [2.05, 4.69) is 25.8 Å². The van der Waals surface area contributed by atoms with Crippen molar-refractivity contribution in [3.05, 3.63) is 11.2 Å². The molecule has 0 amide bonds. The number of aromatic nitrogens is 1. The second-order valence-electron chi connectivity index (χ2n) is 8.25. The molecule has 0 aliphatic carbocycles. The fourth-order valence-corrected chi connectivity index (χ4v) is 10.9. The van der Waals surface area contributed by atoms with Crippen molar-refractivity contribution in [1.82, 2.24) is 4.98 Å². The molecule has 0 bridgehead atoms. The first kappa shape index (κ1) is 23.9. The van der Waals surface area contributed by atoms with Crippen molar-refractivity contribution in [1.29, 1.82) is 0 Å². The summed E-state index contributed by atoms with van der Waals surface area (Å²) in [5.41, 5.74) is -0.462. The molecule has 148 valence electrons. The van der Waals surface area contributed by atoms with Crippen LogP contribution in [0.15, 0.2) is 6.20 Å². The summed E-state index contributed by atoms with van der Waals surface area (Å²) in [4.78, 5) is 16.7. The van der Waals surface area contributed by atoms with Crippen LogP contribution < -0.4 is 2.89 Å².